The first kappa shape index (κ1) is 26.9. The Kier molecular flexibility index (Phi) is 8.42. The number of nitrogens with one attached hydrogen (secondary N) is 2. The van der Waals surface area contributed by atoms with E-state index in [9.17, 15) is 9.59 Å². The van der Waals surface area contributed by atoms with E-state index >= 15 is 0 Å². The fraction of sp³-hybridized carbons (Fsp3) is 0.667. The highest BCUT2D eigenvalue weighted by molar-refractivity contribution is 6.76. The van der Waals surface area contributed by atoms with E-state index in [-0.39, 0.29) is 23.8 Å². The molecule has 0 aromatic carbocycles. The smallest absolute Gasteiger partial charge is 0.410 e. The Morgan fingerprint density at radius 2 is 2.00 bits per heavy atom. The van der Waals surface area contributed by atoms with Crippen molar-refractivity contribution in [1.29, 1.82) is 0 Å². The minimum atomic E-state index is -1.13. The lowest BCUT2D eigenvalue weighted by Crippen LogP contribution is -2.50. The molecule has 0 aliphatic carbocycles. The Morgan fingerprint density at radius 3 is 2.69 bits per heavy atom. The van der Waals surface area contributed by atoms with E-state index in [1.54, 1.807) is 11.1 Å². The molecule has 1 aliphatic rings. The van der Waals surface area contributed by atoms with Gasteiger partial charge in [-0.1, -0.05) is 26.6 Å². The highest BCUT2D eigenvalue weighted by Crippen LogP contribution is 2.25. The van der Waals surface area contributed by atoms with Crippen molar-refractivity contribution >= 4 is 37.1 Å². The lowest BCUT2D eigenvalue weighted by Gasteiger charge is -2.36. The number of carbonyl (C=O) groups is 2. The molecular formula is C24H40N6O4Si. The highest BCUT2D eigenvalue weighted by atomic mass is 28.3. The number of nitrogens with zero attached hydrogens (tertiary/aromatic N) is 4. The average Bonchev–Trinajstić information content (AvgIpc) is 3.15. The normalized spacial score (nSPS) is 19.0. The van der Waals surface area contributed by atoms with Crippen molar-refractivity contribution in [2.45, 2.75) is 72.1 Å². The average molecular weight is 505 g/mol. The van der Waals surface area contributed by atoms with Gasteiger partial charge in [0.1, 0.15) is 17.8 Å². The van der Waals surface area contributed by atoms with Crippen molar-refractivity contribution in [3.8, 4) is 0 Å². The van der Waals surface area contributed by atoms with Crippen LogP contribution in [0.2, 0.25) is 25.7 Å². The molecule has 0 radical (unpaired) electrons. The van der Waals surface area contributed by atoms with Gasteiger partial charge in [-0.05, 0) is 45.2 Å². The molecular weight excluding hydrogens is 464 g/mol. The number of carbonyl (C=O) groups excluding carboxylic acids is 2. The second kappa shape index (κ2) is 10.9. The van der Waals surface area contributed by atoms with Crippen LogP contribution in [-0.2, 0) is 21.0 Å². The molecule has 3 rings (SSSR count). The maximum absolute atomic E-state index is 12.9. The molecule has 35 heavy (non-hydrogen) atoms. The number of fused-ring (bicyclic) bond motifs is 1. The summed E-state index contributed by atoms with van der Waals surface area (Å²) < 4.78 is 13.2. The van der Waals surface area contributed by atoms with Crippen LogP contribution in [0.1, 0.15) is 34.1 Å². The standard InChI is InChI=1S/C24H40N6O4Si/c1-17-8-10-29(23(32)34-24(2,3)4)15-18(17)22(31)28-27-20-14-25-21-19(26-20)9-11-30(21)16-33-12-13-35(5,6)7/h9,11,14,17-18H,8,10,12-13,15-16H2,1-7H3,(H,26,27)(H,28,31)/t17-,18-/m0/s1. The molecule has 2 atom stereocenters. The summed E-state index contributed by atoms with van der Waals surface area (Å²) in [5, 5.41) is 0. The summed E-state index contributed by atoms with van der Waals surface area (Å²) in [4.78, 5) is 36.0. The van der Waals surface area contributed by atoms with Crippen LogP contribution >= 0.6 is 0 Å². The van der Waals surface area contributed by atoms with Crippen LogP contribution in [0.4, 0.5) is 10.6 Å². The molecule has 2 amide bonds. The number of aromatic nitrogens is 3. The third kappa shape index (κ3) is 7.92. The van der Waals surface area contributed by atoms with E-state index in [0.717, 1.165) is 24.7 Å². The lowest BCUT2D eigenvalue weighted by atomic mass is 9.86. The number of ether oxygens (including phenoxy) is 2. The Labute approximate surface area is 208 Å². The Morgan fingerprint density at radius 1 is 1.26 bits per heavy atom. The van der Waals surface area contributed by atoms with Gasteiger partial charge in [-0.25, -0.2) is 14.8 Å². The number of anilines is 1. The molecule has 0 unspecified atom stereocenters. The van der Waals surface area contributed by atoms with Crippen LogP contribution < -0.4 is 10.9 Å². The Balaban J connectivity index is 1.54. The molecule has 2 N–H and O–H groups in total. The minimum Gasteiger partial charge on any atom is -0.444 e. The molecule has 0 spiro atoms. The monoisotopic (exact) mass is 504 g/mol. The van der Waals surface area contributed by atoms with Crippen LogP contribution in [0.25, 0.3) is 11.2 Å². The summed E-state index contributed by atoms with van der Waals surface area (Å²) >= 11 is 0. The number of hydrazine groups is 1. The lowest BCUT2D eigenvalue weighted by molar-refractivity contribution is -0.127. The van der Waals surface area contributed by atoms with E-state index in [1.807, 2.05) is 44.5 Å². The van der Waals surface area contributed by atoms with Crippen LogP contribution in [0, 0.1) is 11.8 Å². The zero-order chi connectivity index (χ0) is 25.8. The van der Waals surface area contributed by atoms with E-state index in [0.29, 0.717) is 31.2 Å². The van der Waals surface area contributed by atoms with Crippen molar-refractivity contribution in [1.82, 2.24) is 24.9 Å². The number of amides is 2. The van der Waals surface area contributed by atoms with Gasteiger partial charge < -0.3 is 18.9 Å². The van der Waals surface area contributed by atoms with Crippen molar-refractivity contribution < 1.29 is 19.1 Å². The highest BCUT2D eigenvalue weighted by Gasteiger charge is 2.35. The number of hydrogen-bond donors (Lipinski definition) is 2. The maximum Gasteiger partial charge on any atom is 0.410 e. The molecule has 10 nitrogen and oxygen atoms in total. The van der Waals surface area contributed by atoms with Gasteiger partial charge in [-0.3, -0.25) is 15.6 Å². The largest absolute Gasteiger partial charge is 0.444 e. The molecule has 0 saturated carbocycles. The zero-order valence-electron chi connectivity index (χ0n) is 22.1. The van der Waals surface area contributed by atoms with Crippen molar-refractivity contribution in [2.24, 2.45) is 11.8 Å². The van der Waals surface area contributed by atoms with Gasteiger partial charge in [0.25, 0.3) is 0 Å². The third-order valence-electron chi connectivity index (χ3n) is 5.95. The molecule has 1 fully saturated rings. The molecule has 2 aromatic heterocycles. The van der Waals surface area contributed by atoms with Crippen molar-refractivity contribution in [3.05, 3.63) is 18.5 Å². The second-order valence-corrected chi connectivity index (χ2v) is 17.1. The minimum absolute atomic E-state index is 0.138. The van der Waals surface area contributed by atoms with E-state index in [2.05, 4.69) is 40.5 Å². The molecule has 194 valence electrons. The van der Waals surface area contributed by atoms with E-state index in [4.69, 9.17) is 9.47 Å². The van der Waals surface area contributed by atoms with Gasteiger partial charge in [0.2, 0.25) is 5.91 Å². The molecule has 0 bridgehead atoms. The molecule has 3 heterocycles. The molecule has 1 aliphatic heterocycles. The fourth-order valence-electron chi connectivity index (χ4n) is 3.79. The summed E-state index contributed by atoms with van der Waals surface area (Å²) in [5.74, 6) is 0.0330. The first-order chi connectivity index (χ1) is 16.3. The van der Waals surface area contributed by atoms with Crippen LogP contribution in [0.5, 0.6) is 0 Å². The summed E-state index contributed by atoms with van der Waals surface area (Å²) in [5.41, 5.74) is 6.47. The summed E-state index contributed by atoms with van der Waals surface area (Å²) in [6, 6.07) is 2.99. The fourth-order valence-corrected chi connectivity index (χ4v) is 4.54. The SMILES string of the molecule is C[C@H]1CCN(C(=O)OC(C)(C)C)C[C@@H]1C(=O)NNc1cnc2c(ccn2COCC[Si](C)(C)C)n1. The van der Waals surface area contributed by atoms with Crippen LogP contribution in [0.3, 0.4) is 0 Å². The molecule has 2 aromatic rings. The predicted octanol–water partition coefficient (Wildman–Crippen LogP) is 4.08. The van der Waals surface area contributed by atoms with Gasteiger partial charge >= 0.3 is 6.09 Å². The number of rotatable bonds is 8. The van der Waals surface area contributed by atoms with Gasteiger partial charge in [-0.15, -0.1) is 0 Å². The Hall–Kier alpha value is -2.66. The quantitative estimate of drug-likeness (QED) is 0.317. The summed E-state index contributed by atoms with van der Waals surface area (Å²) in [6.07, 6.45) is 3.83. The summed E-state index contributed by atoms with van der Waals surface area (Å²) in [6.45, 7) is 16.6. The zero-order valence-corrected chi connectivity index (χ0v) is 23.1. The van der Waals surface area contributed by atoms with Crippen molar-refractivity contribution in [2.75, 3.05) is 25.1 Å². The summed E-state index contributed by atoms with van der Waals surface area (Å²) in [7, 11) is -1.13. The molecule has 11 heteroatoms. The number of likely N-dealkylation sites (tertiary alicyclic amines) is 1. The van der Waals surface area contributed by atoms with Gasteiger partial charge in [-0.2, -0.15) is 0 Å². The topological polar surface area (TPSA) is 111 Å². The first-order valence-corrected chi connectivity index (χ1v) is 16.0. The first-order valence-electron chi connectivity index (χ1n) is 12.3. The van der Waals surface area contributed by atoms with Gasteiger partial charge in [0.15, 0.2) is 11.5 Å². The van der Waals surface area contributed by atoms with Crippen molar-refractivity contribution in [3.63, 3.8) is 0 Å². The predicted molar refractivity (Wildman–Crippen MR) is 138 cm³/mol. The van der Waals surface area contributed by atoms with E-state index < -0.39 is 13.7 Å². The number of hydrogen-bond acceptors (Lipinski definition) is 7. The van der Waals surface area contributed by atoms with E-state index in [1.165, 1.54) is 0 Å². The Bertz CT molecular complexity index is 1030. The van der Waals surface area contributed by atoms with Gasteiger partial charge in [0, 0.05) is 34.0 Å². The van der Waals surface area contributed by atoms with Crippen LogP contribution in [0.15, 0.2) is 18.5 Å². The molecule has 1 saturated heterocycles. The second-order valence-electron chi connectivity index (χ2n) is 11.5. The van der Waals surface area contributed by atoms with Gasteiger partial charge in [0.05, 0.1) is 12.1 Å². The van der Waals surface area contributed by atoms with Crippen LogP contribution in [-0.4, -0.2) is 64.8 Å². The third-order valence-corrected chi connectivity index (χ3v) is 7.65. The number of piperidine rings is 1. The maximum atomic E-state index is 12.9.